The number of primary amides is 1. The van der Waals surface area contributed by atoms with Gasteiger partial charge in [0.05, 0.1) is 17.0 Å². The highest BCUT2D eigenvalue weighted by Gasteiger charge is 2.33. The fourth-order valence-electron chi connectivity index (χ4n) is 1.10. The van der Waals surface area contributed by atoms with E-state index in [0.29, 0.717) is 0 Å². The summed E-state index contributed by atoms with van der Waals surface area (Å²) in [5, 5.41) is -0.393. The van der Waals surface area contributed by atoms with Crippen molar-refractivity contribution < 1.29 is 18.0 Å². The molecule has 0 aliphatic carbocycles. The van der Waals surface area contributed by atoms with E-state index < -0.39 is 22.7 Å². The first kappa shape index (κ1) is 11.8. The Morgan fingerprint density at radius 2 is 2.00 bits per heavy atom. The van der Waals surface area contributed by atoms with E-state index in [4.69, 9.17) is 17.3 Å². The summed E-state index contributed by atoms with van der Waals surface area (Å²) in [5.41, 5.74) is 4.11. The minimum Gasteiger partial charge on any atom is -0.369 e. The number of benzene rings is 1. The summed E-state index contributed by atoms with van der Waals surface area (Å²) in [4.78, 5) is 10.5. The molecule has 0 aromatic heterocycles. The molecule has 0 saturated carbocycles. The van der Waals surface area contributed by atoms with Crippen LogP contribution < -0.4 is 5.73 Å². The number of alkyl halides is 3. The summed E-state index contributed by atoms with van der Waals surface area (Å²) in [5.74, 6) is -0.689. The van der Waals surface area contributed by atoms with Gasteiger partial charge in [-0.3, -0.25) is 4.79 Å². The third kappa shape index (κ3) is 3.13. The maximum Gasteiger partial charge on any atom is 0.417 e. The molecule has 0 radical (unpaired) electrons. The molecule has 1 amide bonds. The fraction of sp³-hybridized carbons (Fsp3) is 0.222. The lowest BCUT2D eigenvalue weighted by atomic mass is 10.1. The van der Waals surface area contributed by atoms with E-state index in [1.165, 1.54) is 6.07 Å². The molecule has 0 bridgehead atoms. The van der Waals surface area contributed by atoms with Gasteiger partial charge in [0, 0.05) is 0 Å². The Labute approximate surface area is 88.8 Å². The van der Waals surface area contributed by atoms with Gasteiger partial charge in [0.2, 0.25) is 5.91 Å². The molecule has 2 nitrogen and oxygen atoms in total. The predicted molar refractivity (Wildman–Crippen MR) is 49.4 cm³/mol. The molecule has 0 aliphatic heterocycles. The van der Waals surface area contributed by atoms with Crippen LogP contribution in [0.3, 0.4) is 0 Å². The molecule has 0 spiro atoms. The standard InChI is InChI=1S/C9H7ClF3NO/c10-7-2-1-5(4-8(14)15)3-6(7)9(11,12)13/h1-3H,4H2,(H2,14,15). The average molecular weight is 238 g/mol. The molecule has 15 heavy (non-hydrogen) atoms. The predicted octanol–water partition coefficient (Wildman–Crippen LogP) is 2.39. The van der Waals surface area contributed by atoms with Crippen LogP contribution in [0.5, 0.6) is 0 Å². The van der Waals surface area contributed by atoms with Crippen LogP contribution in [0, 0.1) is 0 Å². The van der Waals surface area contributed by atoms with Crippen molar-refractivity contribution in [2.45, 2.75) is 12.6 Å². The summed E-state index contributed by atoms with van der Waals surface area (Å²) < 4.78 is 37.1. The lowest BCUT2D eigenvalue weighted by molar-refractivity contribution is -0.137. The van der Waals surface area contributed by atoms with E-state index in [-0.39, 0.29) is 12.0 Å². The van der Waals surface area contributed by atoms with Crippen molar-refractivity contribution in [1.82, 2.24) is 0 Å². The summed E-state index contributed by atoms with van der Waals surface area (Å²) in [6.07, 6.45) is -4.76. The average Bonchev–Trinajstić information content (AvgIpc) is 2.05. The van der Waals surface area contributed by atoms with Gasteiger partial charge >= 0.3 is 6.18 Å². The Morgan fingerprint density at radius 1 is 1.40 bits per heavy atom. The van der Waals surface area contributed by atoms with Crippen molar-refractivity contribution in [3.63, 3.8) is 0 Å². The second kappa shape index (κ2) is 4.10. The number of hydrogen-bond donors (Lipinski definition) is 1. The van der Waals surface area contributed by atoms with Gasteiger partial charge in [0.1, 0.15) is 0 Å². The number of hydrogen-bond acceptors (Lipinski definition) is 1. The molecule has 0 saturated heterocycles. The molecule has 2 N–H and O–H groups in total. The molecule has 82 valence electrons. The quantitative estimate of drug-likeness (QED) is 0.843. The second-order valence-electron chi connectivity index (χ2n) is 2.96. The highest BCUT2D eigenvalue weighted by atomic mass is 35.5. The van der Waals surface area contributed by atoms with Crippen molar-refractivity contribution in [3.05, 3.63) is 34.3 Å². The Hall–Kier alpha value is -1.23. The van der Waals surface area contributed by atoms with E-state index >= 15 is 0 Å². The van der Waals surface area contributed by atoms with Crippen LogP contribution in [0.25, 0.3) is 0 Å². The van der Waals surface area contributed by atoms with Gasteiger partial charge in [0.25, 0.3) is 0 Å². The normalized spacial score (nSPS) is 11.5. The summed E-state index contributed by atoms with van der Waals surface area (Å²) in [6.45, 7) is 0. The lowest BCUT2D eigenvalue weighted by Gasteiger charge is -2.10. The van der Waals surface area contributed by atoms with Crippen molar-refractivity contribution in [2.75, 3.05) is 0 Å². The van der Waals surface area contributed by atoms with Crippen LogP contribution in [-0.2, 0) is 17.4 Å². The van der Waals surface area contributed by atoms with Gasteiger partial charge in [-0.05, 0) is 17.7 Å². The number of carbonyl (C=O) groups excluding carboxylic acids is 1. The van der Waals surface area contributed by atoms with Crippen LogP contribution in [0.4, 0.5) is 13.2 Å². The van der Waals surface area contributed by atoms with Crippen molar-refractivity contribution in [3.8, 4) is 0 Å². The van der Waals surface area contributed by atoms with E-state index in [1.807, 2.05) is 0 Å². The van der Waals surface area contributed by atoms with E-state index in [2.05, 4.69) is 0 Å². The van der Waals surface area contributed by atoms with Crippen LogP contribution in [0.2, 0.25) is 5.02 Å². The number of halogens is 4. The third-order valence-electron chi connectivity index (χ3n) is 1.71. The first-order valence-corrected chi connectivity index (χ1v) is 4.32. The third-order valence-corrected chi connectivity index (χ3v) is 2.04. The summed E-state index contributed by atoms with van der Waals surface area (Å²) >= 11 is 5.38. The Balaban J connectivity index is 3.11. The number of amides is 1. The zero-order chi connectivity index (χ0) is 11.6. The van der Waals surface area contributed by atoms with Crippen molar-refractivity contribution in [1.29, 1.82) is 0 Å². The molecule has 0 unspecified atom stereocenters. The highest BCUT2D eigenvalue weighted by Crippen LogP contribution is 2.35. The first-order valence-electron chi connectivity index (χ1n) is 3.94. The molecule has 1 aromatic rings. The highest BCUT2D eigenvalue weighted by molar-refractivity contribution is 6.31. The minimum atomic E-state index is -4.52. The second-order valence-corrected chi connectivity index (χ2v) is 3.36. The largest absolute Gasteiger partial charge is 0.417 e. The smallest absolute Gasteiger partial charge is 0.369 e. The SMILES string of the molecule is NC(=O)Cc1ccc(Cl)c(C(F)(F)F)c1. The number of nitrogens with two attached hydrogens (primary N) is 1. The Bertz CT molecular complexity index is 389. The lowest BCUT2D eigenvalue weighted by Crippen LogP contribution is -2.14. The van der Waals surface area contributed by atoms with Crippen LogP contribution in [0.1, 0.15) is 11.1 Å². The molecule has 1 aromatic carbocycles. The first-order chi connectivity index (χ1) is 6.80. The molecule has 0 aliphatic rings. The summed E-state index contributed by atoms with van der Waals surface area (Å²) in [7, 11) is 0. The van der Waals surface area contributed by atoms with E-state index in [1.54, 1.807) is 0 Å². The molecule has 0 fully saturated rings. The topological polar surface area (TPSA) is 43.1 Å². The monoisotopic (exact) mass is 237 g/mol. The zero-order valence-corrected chi connectivity index (χ0v) is 8.19. The Kier molecular flexibility index (Phi) is 3.24. The molecule has 0 atom stereocenters. The van der Waals surface area contributed by atoms with Gasteiger partial charge in [-0.15, -0.1) is 0 Å². The van der Waals surface area contributed by atoms with E-state index in [9.17, 15) is 18.0 Å². The van der Waals surface area contributed by atoms with E-state index in [0.717, 1.165) is 12.1 Å². The van der Waals surface area contributed by atoms with Crippen molar-refractivity contribution >= 4 is 17.5 Å². The van der Waals surface area contributed by atoms with Crippen LogP contribution in [0.15, 0.2) is 18.2 Å². The maximum absolute atomic E-state index is 12.4. The van der Waals surface area contributed by atoms with Gasteiger partial charge in [-0.25, -0.2) is 0 Å². The van der Waals surface area contributed by atoms with Crippen molar-refractivity contribution in [2.24, 2.45) is 5.73 Å². The molecular formula is C9H7ClF3NO. The van der Waals surface area contributed by atoms with Gasteiger partial charge in [-0.2, -0.15) is 13.2 Å². The number of rotatable bonds is 2. The van der Waals surface area contributed by atoms with Gasteiger partial charge in [0.15, 0.2) is 0 Å². The Morgan fingerprint density at radius 3 is 2.47 bits per heavy atom. The number of carbonyl (C=O) groups is 1. The van der Waals surface area contributed by atoms with Crippen LogP contribution >= 0.6 is 11.6 Å². The molecule has 6 heteroatoms. The van der Waals surface area contributed by atoms with Crippen LogP contribution in [-0.4, -0.2) is 5.91 Å². The summed E-state index contributed by atoms with van der Waals surface area (Å²) in [6, 6.07) is 3.26. The molecular weight excluding hydrogens is 231 g/mol. The molecule has 1 rings (SSSR count). The zero-order valence-electron chi connectivity index (χ0n) is 7.44. The van der Waals surface area contributed by atoms with Gasteiger partial charge < -0.3 is 5.73 Å². The molecule has 0 heterocycles. The fourth-order valence-corrected chi connectivity index (χ4v) is 1.33. The van der Waals surface area contributed by atoms with Gasteiger partial charge in [-0.1, -0.05) is 17.7 Å². The maximum atomic E-state index is 12.4. The minimum absolute atomic E-state index is 0.194.